The lowest BCUT2D eigenvalue weighted by Gasteiger charge is -2.08. The second-order valence-electron chi connectivity index (χ2n) is 3.39. The molecule has 1 aromatic heterocycles. The van der Waals surface area contributed by atoms with E-state index in [1.54, 1.807) is 6.07 Å². The highest BCUT2D eigenvalue weighted by molar-refractivity contribution is 6.33. The largest absolute Gasteiger partial charge is 0.354 e. The third kappa shape index (κ3) is 3.21. The highest BCUT2D eigenvalue weighted by Gasteiger charge is 2.06. The zero-order valence-corrected chi connectivity index (χ0v) is 11.1. The van der Waals surface area contributed by atoms with E-state index in [-0.39, 0.29) is 5.28 Å². The first-order chi connectivity index (χ1) is 8.69. The van der Waals surface area contributed by atoms with E-state index in [2.05, 4.69) is 25.6 Å². The van der Waals surface area contributed by atoms with Crippen molar-refractivity contribution in [3.63, 3.8) is 0 Å². The zero-order chi connectivity index (χ0) is 13.0. The van der Waals surface area contributed by atoms with Crippen LogP contribution in [0.15, 0.2) is 24.3 Å². The first-order valence-electron chi connectivity index (χ1n) is 5.36. The van der Waals surface area contributed by atoms with Gasteiger partial charge in [-0.2, -0.15) is 15.0 Å². The lowest BCUT2D eigenvalue weighted by atomic mass is 10.3. The van der Waals surface area contributed by atoms with Crippen LogP contribution in [0.25, 0.3) is 0 Å². The Bertz CT molecular complexity index is 547. The van der Waals surface area contributed by atoms with E-state index in [1.807, 2.05) is 25.1 Å². The van der Waals surface area contributed by atoms with Gasteiger partial charge < -0.3 is 10.6 Å². The van der Waals surface area contributed by atoms with Crippen molar-refractivity contribution in [3.8, 4) is 0 Å². The maximum Gasteiger partial charge on any atom is 0.233 e. The summed E-state index contributed by atoms with van der Waals surface area (Å²) in [6, 6.07) is 7.31. The summed E-state index contributed by atoms with van der Waals surface area (Å²) >= 11 is 11.8. The van der Waals surface area contributed by atoms with Crippen molar-refractivity contribution in [2.45, 2.75) is 6.92 Å². The van der Waals surface area contributed by atoms with Gasteiger partial charge in [0.15, 0.2) is 0 Å². The van der Waals surface area contributed by atoms with Crippen LogP contribution in [0.5, 0.6) is 0 Å². The summed E-state index contributed by atoms with van der Waals surface area (Å²) < 4.78 is 0. The van der Waals surface area contributed by atoms with Crippen LogP contribution >= 0.6 is 23.2 Å². The smallest absolute Gasteiger partial charge is 0.233 e. The topological polar surface area (TPSA) is 62.7 Å². The molecule has 0 saturated heterocycles. The monoisotopic (exact) mass is 283 g/mol. The molecule has 18 heavy (non-hydrogen) atoms. The van der Waals surface area contributed by atoms with Crippen molar-refractivity contribution in [1.29, 1.82) is 0 Å². The van der Waals surface area contributed by atoms with Gasteiger partial charge in [0.1, 0.15) is 0 Å². The number of hydrogen-bond donors (Lipinski definition) is 2. The number of para-hydroxylation sites is 1. The lowest BCUT2D eigenvalue weighted by Crippen LogP contribution is -2.06. The number of nitrogens with one attached hydrogen (secondary N) is 2. The summed E-state index contributed by atoms with van der Waals surface area (Å²) in [4.78, 5) is 12.1. The van der Waals surface area contributed by atoms with Crippen LogP contribution in [-0.2, 0) is 0 Å². The van der Waals surface area contributed by atoms with Crippen molar-refractivity contribution in [3.05, 3.63) is 34.6 Å². The summed E-state index contributed by atoms with van der Waals surface area (Å²) in [5.74, 6) is 0.770. The van der Waals surface area contributed by atoms with Gasteiger partial charge in [-0.1, -0.05) is 23.7 Å². The van der Waals surface area contributed by atoms with E-state index in [1.165, 1.54) is 0 Å². The summed E-state index contributed by atoms with van der Waals surface area (Å²) in [6.45, 7) is 2.64. The molecule has 0 amide bonds. The molecule has 0 aliphatic carbocycles. The van der Waals surface area contributed by atoms with E-state index >= 15 is 0 Å². The van der Waals surface area contributed by atoms with E-state index in [0.717, 1.165) is 0 Å². The molecule has 2 N–H and O–H groups in total. The van der Waals surface area contributed by atoms with E-state index in [4.69, 9.17) is 23.2 Å². The Morgan fingerprint density at radius 2 is 1.78 bits per heavy atom. The first-order valence-corrected chi connectivity index (χ1v) is 6.11. The second-order valence-corrected chi connectivity index (χ2v) is 4.13. The van der Waals surface area contributed by atoms with Crippen molar-refractivity contribution in [1.82, 2.24) is 15.0 Å². The molecule has 0 radical (unpaired) electrons. The quantitative estimate of drug-likeness (QED) is 0.901. The Kier molecular flexibility index (Phi) is 4.17. The minimum absolute atomic E-state index is 0.121. The average molecular weight is 284 g/mol. The molecule has 0 saturated carbocycles. The van der Waals surface area contributed by atoms with Crippen LogP contribution < -0.4 is 10.6 Å². The highest BCUT2D eigenvalue weighted by atomic mass is 35.5. The average Bonchev–Trinajstić information content (AvgIpc) is 2.32. The van der Waals surface area contributed by atoms with E-state index in [0.29, 0.717) is 29.2 Å². The number of benzene rings is 1. The Hall–Kier alpha value is -1.59. The minimum atomic E-state index is 0.121. The summed E-state index contributed by atoms with van der Waals surface area (Å²) in [6.07, 6.45) is 0. The third-order valence-electron chi connectivity index (χ3n) is 2.06. The SMILES string of the molecule is CCNc1nc(Cl)nc(Nc2ccccc2Cl)n1. The van der Waals surface area contributed by atoms with E-state index in [9.17, 15) is 0 Å². The van der Waals surface area contributed by atoms with Crippen LogP contribution in [0.2, 0.25) is 10.3 Å². The molecule has 0 aliphatic rings. The van der Waals surface area contributed by atoms with Gasteiger partial charge in [-0.15, -0.1) is 0 Å². The Labute approximate surface area is 115 Å². The number of halogens is 2. The number of aromatic nitrogens is 3. The Morgan fingerprint density at radius 3 is 2.50 bits per heavy atom. The first kappa shape index (κ1) is 12.9. The second kappa shape index (κ2) is 5.84. The lowest BCUT2D eigenvalue weighted by molar-refractivity contribution is 1.02. The van der Waals surface area contributed by atoms with Gasteiger partial charge in [0, 0.05) is 6.54 Å². The molecule has 2 rings (SSSR count). The molecule has 0 spiro atoms. The predicted octanol–water partition coefficient (Wildman–Crippen LogP) is 3.35. The number of nitrogens with zero attached hydrogens (tertiary/aromatic N) is 3. The van der Waals surface area contributed by atoms with Crippen LogP contribution in [0, 0.1) is 0 Å². The number of anilines is 3. The summed E-state index contributed by atoms with van der Waals surface area (Å²) in [5, 5.41) is 6.67. The molecule has 0 atom stereocenters. The maximum atomic E-state index is 6.03. The van der Waals surface area contributed by atoms with E-state index < -0.39 is 0 Å². The molecule has 1 heterocycles. The van der Waals surface area contributed by atoms with Gasteiger partial charge >= 0.3 is 0 Å². The molecule has 94 valence electrons. The standard InChI is InChI=1S/C11H11Cl2N5/c1-2-14-10-16-9(13)17-11(18-10)15-8-6-4-3-5-7(8)12/h3-6H,2H2,1H3,(H2,14,15,16,17,18). The number of hydrogen-bond acceptors (Lipinski definition) is 5. The molecule has 0 bridgehead atoms. The van der Waals surface area contributed by atoms with Gasteiger partial charge in [0.05, 0.1) is 10.7 Å². The maximum absolute atomic E-state index is 6.03. The van der Waals surface area contributed by atoms with Crippen molar-refractivity contribution in [2.24, 2.45) is 0 Å². The Balaban J connectivity index is 2.26. The molecule has 1 aromatic carbocycles. The molecule has 7 heteroatoms. The Morgan fingerprint density at radius 1 is 1.06 bits per heavy atom. The molecule has 0 aliphatic heterocycles. The van der Waals surface area contributed by atoms with Crippen molar-refractivity contribution in [2.75, 3.05) is 17.2 Å². The fraction of sp³-hybridized carbons (Fsp3) is 0.182. The molecule has 2 aromatic rings. The van der Waals surface area contributed by atoms with Crippen LogP contribution in [0.4, 0.5) is 17.6 Å². The third-order valence-corrected chi connectivity index (χ3v) is 2.56. The van der Waals surface area contributed by atoms with Gasteiger partial charge in [-0.25, -0.2) is 0 Å². The van der Waals surface area contributed by atoms with Gasteiger partial charge in [-0.3, -0.25) is 0 Å². The fourth-order valence-corrected chi connectivity index (χ4v) is 1.67. The minimum Gasteiger partial charge on any atom is -0.354 e. The van der Waals surface area contributed by atoms with Gasteiger partial charge in [0.2, 0.25) is 17.2 Å². The normalized spacial score (nSPS) is 10.2. The summed E-state index contributed by atoms with van der Waals surface area (Å²) in [5.41, 5.74) is 0.712. The van der Waals surface area contributed by atoms with Gasteiger partial charge in [0.25, 0.3) is 0 Å². The molecular formula is C11H11Cl2N5. The van der Waals surface area contributed by atoms with Gasteiger partial charge in [-0.05, 0) is 30.7 Å². The van der Waals surface area contributed by atoms with Crippen LogP contribution in [0.1, 0.15) is 6.92 Å². The molecule has 0 unspecified atom stereocenters. The predicted molar refractivity (Wildman–Crippen MR) is 73.7 cm³/mol. The fourth-order valence-electron chi connectivity index (χ4n) is 1.33. The number of rotatable bonds is 4. The van der Waals surface area contributed by atoms with Crippen molar-refractivity contribution >= 4 is 40.8 Å². The van der Waals surface area contributed by atoms with Crippen LogP contribution in [0.3, 0.4) is 0 Å². The highest BCUT2D eigenvalue weighted by Crippen LogP contribution is 2.23. The zero-order valence-electron chi connectivity index (χ0n) is 9.61. The molecular weight excluding hydrogens is 273 g/mol. The van der Waals surface area contributed by atoms with Crippen molar-refractivity contribution < 1.29 is 0 Å². The molecule has 0 fully saturated rings. The summed E-state index contributed by atoms with van der Waals surface area (Å²) in [7, 11) is 0. The van der Waals surface area contributed by atoms with Crippen LogP contribution in [-0.4, -0.2) is 21.5 Å². The molecule has 5 nitrogen and oxygen atoms in total.